The molecule has 0 saturated heterocycles. The Balaban J connectivity index is 2.27. The van der Waals surface area contributed by atoms with E-state index in [1.165, 1.54) is 19.3 Å². The van der Waals surface area contributed by atoms with Crippen molar-refractivity contribution in [2.45, 2.75) is 71.4 Å². The van der Waals surface area contributed by atoms with Crippen molar-refractivity contribution in [1.82, 2.24) is 5.32 Å². The topological polar surface area (TPSA) is 55.1 Å². The van der Waals surface area contributed by atoms with Crippen LogP contribution in [0.3, 0.4) is 0 Å². The van der Waals surface area contributed by atoms with E-state index in [-0.39, 0.29) is 11.9 Å². The molecule has 1 atom stereocenters. The Hall–Kier alpha value is -0.570. The van der Waals surface area contributed by atoms with Gasteiger partial charge in [0.1, 0.15) is 0 Å². The van der Waals surface area contributed by atoms with Crippen molar-refractivity contribution in [2.75, 3.05) is 0 Å². The Kier molecular flexibility index (Phi) is 5.96. The van der Waals surface area contributed by atoms with Crippen LogP contribution in [0.25, 0.3) is 0 Å². The fourth-order valence-electron chi connectivity index (χ4n) is 2.64. The summed E-state index contributed by atoms with van der Waals surface area (Å²) < 4.78 is 0. The quantitative estimate of drug-likeness (QED) is 0.775. The first-order valence-corrected chi connectivity index (χ1v) is 7.08. The van der Waals surface area contributed by atoms with Gasteiger partial charge in [-0.15, -0.1) is 0 Å². The first-order chi connectivity index (χ1) is 8.02. The zero-order chi connectivity index (χ0) is 12.8. The van der Waals surface area contributed by atoms with E-state index in [9.17, 15) is 4.79 Å². The number of nitrogens with one attached hydrogen (secondary N) is 1. The molecule has 0 aromatic rings. The zero-order valence-electron chi connectivity index (χ0n) is 11.5. The first-order valence-electron chi connectivity index (χ1n) is 7.08. The Labute approximate surface area is 106 Å². The van der Waals surface area contributed by atoms with Gasteiger partial charge in [-0.25, -0.2) is 0 Å². The molecule has 3 N–H and O–H groups in total. The van der Waals surface area contributed by atoms with Crippen LogP contribution in [-0.4, -0.2) is 18.0 Å². The van der Waals surface area contributed by atoms with Crippen LogP contribution in [0.2, 0.25) is 0 Å². The molecule has 3 heteroatoms. The lowest BCUT2D eigenvalue weighted by atomic mass is 9.84. The van der Waals surface area contributed by atoms with E-state index in [4.69, 9.17) is 5.73 Å². The Morgan fingerprint density at radius 1 is 1.29 bits per heavy atom. The van der Waals surface area contributed by atoms with Gasteiger partial charge in [0.15, 0.2) is 0 Å². The second kappa shape index (κ2) is 7.00. The highest BCUT2D eigenvalue weighted by Gasteiger charge is 2.23. The summed E-state index contributed by atoms with van der Waals surface area (Å²) in [7, 11) is 0. The van der Waals surface area contributed by atoms with Gasteiger partial charge in [0, 0.05) is 6.04 Å². The zero-order valence-corrected chi connectivity index (χ0v) is 11.5. The van der Waals surface area contributed by atoms with Crippen LogP contribution in [0.4, 0.5) is 0 Å². The highest BCUT2D eigenvalue weighted by molar-refractivity contribution is 5.81. The highest BCUT2D eigenvalue weighted by Crippen LogP contribution is 2.26. The lowest BCUT2D eigenvalue weighted by Crippen LogP contribution is -2.46. The van der Waals surface area contributed by atoms with Gasteiger partial charge in [-0.2, -0.15) is 0 Å². The van der Waals surface area contributed by atoms with Crippen LogP contribution < -0.4 is 11.1 Å². The third-order valence-corrected chi connectivity index (χ3v) is 3.83. The predicted octanol–water partition coefficient (Wildman–Crippen LogP) is 2.44. The first kappa shape index (κ1) is 14.5. The summed E-state index contributed by atoms with van der Waals surface area (Å²) in [5.41, 5.74) is 5.88. The van der Waals surface area contributed by atoms with Gasteiger partial charge in [0.05, 0.1) is 6.04 Å². The third-order valence-electron chi connectivity index (χ3n) is 3.83. The molecule has 0 aliphatic heterocycles. The number of carbonyl (C=O) groups is 1. The van der Waals surface area contributed by atoms with Gasteiger partial charge in [-0.3, -0.25) is 4.79 Å². The molecule has 1 aliphatic rings. The van der Waals surface area contributed by atoms with Gasteiger partial charge in [0.2, 0.25) is 5.91 Å². The van der Waals surface area contributed by atoms with Gasteiger partial charge in [-0.05, 0) is 43.9 Å². The lowest BCUT2D eigenvalue weighted by molar-refractivity contribution is -0.123. The number of nitrogens with two attached hydrogens (primary N) is 1. The van der Waals surface area contributed by atoms with Crippen molar-refractivity contribution in [3.63, 3.8) is 0 Å². The van der Waals surface area contributed by atoms with E-state index >= 15 is 0 Å². The van der Waals surface area contributed by atoms with E-state index in [1.807, 2.05) is 0 Å². The maximum atomic E-state index is 11.9. The summed E-state index contributed by atoms with van der Waals surface area (Å²) in [6.45, 7) is 6.45. The third kappa shape index (κ3) is 5.07. The molecule has 0 spiro atoms. The number of hydrogen-bond donors (Lipinski definition) is 2. The molecule has 17 heavy (non-hydrogen) atoms. The monoisotopic (exact) mass is 240 g/mol. The molecule has 1 aliphatic carbocycles. The van der Waals surface area contributed by atoms with Crippen LogP contribution in [-0.2, 0) is 4.79 Å². The molecular formula is C14H28N2O. The van der Waals surface area contributed by atoms with E-state index < -0.39 is 0 Å². The number of rotatable bonds is 5. The van der Waals surface area contributed by atoms with Crippen molar-refractivity contribution in [2.24, 2.45) is 17.6 Å². The summed E-state index contributed by atoms with van der Waals surface area (Å²) in [6.07, 6.45) is 6.79. The molecule has 1 rings (SSSR count). The molecule has 0 heterocycles. The van der Waals surface area contributed by atoms with Gasteiger partial charge in [-0.1, -0.05) is 27.2 Å². The van der Waals surface area contributed by atoms with Crippen molar-refractivity contribution >= 4 is 5.91 Å². The molecule has 0 bridgehead atoms. The maximum Gasteiger partial charge on any atom is 0.237 e. The van der Waals surface area contributed by atoms with Crippen LogP contribution >= 0.6 is 0 Å². The van der Waals surface area contributed by atoms with E-state index in [0.29, 0.717) is 12.0 Å². The highest BCUT2D eigenvalue weighted by atomic mass is 16.2. The molecule has 1 amide bonds. The smallest absolute Gasteiger partial charge is 0.237 e. The second-order valence-electron chi connectivity index (χ2n) is 5.87. The van der Waals surface area contributed by atoms with Gasteiger partial charge >= 0.3 is 0 Å². The SMILES string of the molecule is CCC1CCC(NC(=O)C(N)CC(C)C)CC1. The van der Waals surface area contributed by atoms with Crippen LogP contribution in [0, 0.1) is 11.8 Å². The number of hydrogen-bond acceptors (Lipinski definition) is 2. The molecule has 0 aromatic heterocycles. The maximum absolute atomic E-state index is 11.9. The van der Waals surface area contributed by atoms with E-state index in [1.54, 1.807) is 0 Å². The van der Waals surface area contributed by atoms with Crippen molar-refractivity contribution in [3.8, 4) is 0 Å². The molecular weight excluding hydrogens is 212 g/mol. The molecule has 3 nitrogen and oxygen atoms in total. The minimum absolute atomic E-state index is 0.0404. The largest absolute Gasteiger partial charge is 0.352 e. The normalized spacial score (nSPS) is 26.9. The average Bonchev–Trinajstić information content (AvgIpc) is 2.29. The summed E-state index contributed by atoms with van der Waals surface area (Å²) >= 11 is 0. The van der Waals surface area contributed by atoms with Crippen LogP contribution in [0.15, 0.2) is 0 Å². The van der Waals surface area contributed by atoms with E-state index in [2.05, 4.69) is 26.1 Å². The standard InChI is InChI=1S/C14H28N2O/c1-4-11-5-7-12(8-6-11)16-14(17)13(15)9-10(2)3/h10-13H,4-9,15H2,1-3H3,(H,16,17). The number of carbonyl (C=O) groups excluding carboxylic acids is 1. The van der Waals surface area contributed by atoms with E-state index in [0.717, 1.165) is 25.2 Å². The second-order valence-corrected chi connectivity index (χ2v) is 5.87. The van der Waals surface area contributed by atoms with Crippen LogP contribution in [0.5, 0.6) is 0 Å². The molecule has 1 saturated carbocycles. The molecule has 0 aromatic carbocycles. The number of amides is 1. The van der Waals surface area contributed by atoms with Crippen molar-refractivity contribution in [3.05, 3.63) is 0 Å². The Morgan fingerprint density at radius 2 is 1.88 bits per heavy atom. The Bertz CT molecular complexity index is 232. The fraction of sp³-hybridized carbons (Fsp3) is 0.929. The van der Waals surface area contributed by atoms with Crippen LogP contribution in [0.1, 0.15) is 59.3 Å². The molecule has 0 radical (unpaired) electrons. The van der Waals surface area contributed by atoms with Crippen molar-refractivity contribution < 1.29 is 4.79 Å². The average molecular weight is 240 g/mol. The minimum atomic E-state index is -0.334. The lowest BCUT2D eigenvalue weighted by Gasteiger charge is -2.29. The Morgan fingerprint density at radius 3 is 2.35 bits per heavy atom. The predicted molar refractivity (Wildman–Crippen MR) is 71.6 cm³/mol. The summed E-state index contributed by atoms with van der Waals surface area (Å²) in [5, 5.41) is 3.10. The molecule has 100 valence electrons. The summed E-state index contributed by atoms with van der Waals surface area (Å²) in [6, 6.07) is 0.0300. The summed E-state index contributed by atoms with van der Waals surface area (Å²) in [4.78, 5) is 11.9. The van der Waals surface area contributed by atoms with Gasteiger partial charge in [0.25, 0.3) is 0 Å². The fourth-order valence-corrected chi connectivity index (χ4v) is 2.64. The minimum Gasteiger partial charge on any atom is -0.352 e. The summed E-state index contributed by atoms with van der Waals surface area (Å²) in [5.74, 6) is 1.39. The molecule has 1 unspecified atom stereocenters. The molecule has 1 fully saturated rings. The van der Waals surface area contributed by atoms with Gasteiger partial charge < -0.3 is 11.1 Å². The van der Waals surface area contributed by atoms with Crippen molar-refractivity contribution in [1.29, 1.82) is 0 Å².